The lowest BCUT2D eigenvalue weighted by atomic mass is 10.0. The Morgan fingerprint density at radius 1 is 0.864 bits per heavy atom. The first-order valence-corrected chi connectivity index (χ1v) is 7.95. The van der Waals surface area contributed by atoms with E-state index in [1.807, 2.05) is 42.5 Å². The van der Waals surface area contributed by atoms with Gasteiger partial charge in [-0.15, -0.1) is 0 Å². The maximum Gasteiger partial charge on any atom is 0.334 e. The number of hydrogen-bond donors (Lipinski definition) is 0. The van der Waals surface area contributed by atoms with Gasteiger partial charge in [0.1, 0.15) is 0 Å². The van der Waals surface area contributed by atoms with Gasteiger partial charge in [0, 0.05) is 11.9 Å². The van der Waals surface area contributed by atoms with Gasteiger partial charge in [-0.25, -0.2) is 4.79 Å². The number of fused-ring (bicyclic) bond motifs is 1. The van der Waals surface area contributed by atoms with Crippen LogP contribution in [0, 0.1) is 0 Å². The molecule has 6 heteroatoms. The van der Waals surface area contributed by atoms with E-state index in [1.165, 1.54) is 0 Å². The number of imide groups is 2. The standard InChI is InChI=1S/C16H13BrN2O3/c17-8-9-18-14(20)15(21)19(16(18)22)10-12-6-3-5-11-4-1-2-7-13(11)12/h1-7H,8-10H2. The maximum atomic E-state index is 12.2. The minimum absolute atomic E-state index is 0.101. The molecule has 1 aliphatic heterocycles. The summed E-state index contributed by atoms with van der Waals surface area (Å²) in [4.78, 5) is 38.1. The average molecular weight is 361 g/mol. The minimum Gasteiger partial charge on any atom is -0.263 e. The number of rotatable bonds is 4. The van der Waals surface area contributed by atoms with Gasteiger partial charge in [0.05, 0.1) is 6.54 Å². The number of amides is 4. The highest BCUT2D eigenvalue weighted by molar-refractivity contribution is 9.09. The van der Waals surface area contributed by atoms with Gasteiger partial charge in [0.25, 0.3) is 0 Å². The Labute approximate surface area is 135 Å². The Hall–Kier alpha value is -2.21. The van der Waals surface area contributed by atoms with Gasteiger partial charge < -0.3 is 0 Å². The Morgan fingerprint density at radius 3 is 2.32 bits per heavy atom. The van der Waals surface area contributed by atoms with Crippen molar-refractivity contribution < 1.29 is 14.4 Å². The molecule has 1 heterocycles. The third kappa shape index (κ3) is 2.39. The van der Waals surface area contributed by atoms with Crippen LogP contribution in [0.2, 0.25) is 0 Å². The zero-order valence-corrected chi connectivity index (χ0v) is 13.2. The molecule has 22 heavy (non-hydrogen) atoms. The van der Waals surface area contributed by atoms with Gasteiger partial charge in [-0.2, -0.15) is 0 Å². The van der Waals surface area contributed by atoms with Gasteiger partial charge in [0.2, 0.25) is 0 Å². The molecule has 5 nitrogen and oxygen atoms in total. The van der Waals surface area contributed by atoms with E-state index < -0.39 is 17.8 Å². The smallest absolute Gasteiger partial charge is 0.263 e. The third-order valence-corrected chi connectivity index (χ3v) is 4.01. The Morgan fingerprint density at radius 2 is 1.55 bits per heavy atom. The molecule has 2 aromatic carbocycles. The second-order valence-electron chi connectivity index (χ2n) is 4.96. The van der Waals surface area contributed by atoms with E-state index >= 15 is 0 Å². The molecule has 2 aromatic rings. The lowest BCUT2D eigenvalue weighted by Crippen LogP contribution is -2.34. The van der Waals surface area contributed by atoms with Crippen molar-refractivity contribution in [3.8, 4) is 0 Å². The number of carbonyl (C=O) groups excluding carboxylic acids is 3. The molecule has 0 unspecified atom stereocenters. The molecule has 0 radical (unpaired) electrons. The highest BCUT2D eigenvalue weighted by Crippen LogP contribution is 2.22. The highest BCUT2D eigenvalue weighted by atomic mass is 79.9. The molecular weight excluding hydrogens is 348 g/mol. The van der Waals surface area contributed by atoms with Crippen LogP contribution in [0.25, 0.3) is 10.8 Å². The van der Waals surface area contributed by atoms with Crippen LogP contribution in [0.1, 0.15) is 5.56 Å². The number of nitrogens with zero attached hydrogens (tertiary/aromatic N) is 2. The van der Waals surface area contributed by atoms with Gasteiger partial charge >= 0.3 is 17.8 Å². The number of halogens is 1. The zero-order chi connectivity index (χ0) is 15.7. The molecule has 112 valence electrons. The quantitative estimate of drug-likeness (QED) is 0.478. The fourth-order valence-corrected chi connectivity index (χ4v) is 2.93. The summed E-state index contributed by atoms with van der Waals surface area (Å²) >= 11 is 3.18. The minimum atomic E-state index is -0.765. The lowest BCUT2D eigenvalue weighted by Gasteiger charge is -2.15. The number of benzene rings is 2. The first-order chi connectivity index (χ1) is 10.6. The molecule has 0 aromatic heterocycles. The Bertz CT molecular complexity index is 770. The van der Waals surface area contributed by atoms with Crippen LogP contribution in [0.5, 0.6) is 0 Å². The van der Waals surface area contributed by atoms with E-state index in [2.05, 4.69) is 15.9 Å². The largest absolute Gasteiger partial charge is 0.334 e. The highest BCUT2D eigenvalue weighted by Gasteiger charge is 2.43. The molecule has 0 N–H and O–H groups in total. The Kier molecular flexibility index (Phi) is 3.94. The van der Waals surface area contributed by atoms with Gasteiger partial charge in [-0.3, -0.25) is 19.4 Å². The van der Waals surface area contributed by atoms with Gasteiger partial charge in [-0.05, 0) is 16.3 Å². The van der Waals surface area contributed by atoms with Crippen LogP contribution < -0.4 is 0 Å². The second kappa shape index (κ2) is 5.88. The van der Waals surface area contributed by atoms with Crippen LogP contribution in [0.15, 0.2) is 42.5 Å². The van der Waals surface area contributed by atoms with Crippen LogP contribution >= 0.6 is 15.9 Å². The summed E-state index contributed by atoms with van der Waals surface area (Å²) in [7, 11) is 0. The molecule has 1 saturated heterocycles. The van der Waals surface area contributed by atoms with E-state index in [9.17, 15) is 14.4 Å². The summed E-state index contributed by atoms with van der Waals surface area (Å²) in [5.41, 5.74) is 0.841. The van der Waals surface area contributed by atoms with Crippen molar-refractivity contribution in [1.82, 2.24) is 9.80 Å². The van der Waals surface area contributed by atoms with Crippen molar-refractivity contribution in [3.05, 3.63) is 48.0 Å². The first kappa shape index (κ1) is 14.7. The van der Waals surface area contributed by atoms with Crippen LogP contribution in [-0.2, 0) is 16.1 Å². The molecule has 0 spiro atoms. The molecule has 1 aliphatic rings. The topological polar surface area (TPSA) is 57.7 Å². The fourth-order valence-electron chi connectivity index (χ4n) is 2.57. The van der Waals surface area contributed by atoms with Gasteiger partial charge in [0.15, 0.2) is 0 Å². The molecule has 4 amide bonds. The maximum absolute atomic E-state index is 12.2. The number of hydrogen-bond acceptors (Lipinski definition) is 3. The predicted octanol–water partition coefficient (Wildman–Crippen LogP) is 2.53. The first-order valence-electron chi connectivity index (χ1n) is 6.83. The second-order valence-corrected chi connectivity index (χ2v) is 5.75. The van der Waals surface area contributed by atoms with Crippen molar-refractivity contribution in [2.24, 2.45) is 0 Å². The third-order valence-electron chi connectivity index (χ3n) is 3.65. The fraction of sp³-hybridized carbons (Fsp3) is 0.188. The van der Waals surface area contributed by atoms with Crippen molar-refractivity contribution in [3.63, 3.8) is 0 Å². The summed E-state index contributed by atoms with van der Waals surface area (Å²) in [6.07, 6.45) is 0. The van der Waals surface area contributed by atoms with Crippen molar-refractivity contribution in [2.75, 3.05) is 11.9 Å². The number of carbonyl (C=O) groups is 3. The predicted molar refractivity (Wildman–Crippen MR) is 85.4 cm³/mol. The molecule has 3 rings (SSSR count). The molecular formula is C16H13BrN2O3. The molecule has 0 aliphatic carbocycles. The lowest BCUT2D eigenvalue weighted by molar-refractivity contribution is -0.143. The molecule has 0 saturated carbocycles. The number of urea groups is 1. The molecule has 0 atom stereocenters. The zero-order valence-electron chi connectivity index (χ0n) is 11.7. The van der Waals surface area contributed by atoms with E-state index in [1.54, 1.807) is 0 Å². The van der Waals surface area contributed by atoms with Crippen LogP contribution in [0.3, 0.4) is 0 Å². The van der Waals surface area contributed by atoms with Crippen molar-refractivity contribution >= 4 is 44.5 Å². The Balaban J connectivity index is 1.93. The van der Waals surface area contributed by atoms with E-state index in [-0.39, 0.29) is 13.1 Å². The monoisotopic (exact) mass is 360 g/mol. The van der Waals surface area contributed by atoms with Crippen molar-refractivity contribution in [1.29, 1.82) is 0 Å². The van der Waals surface area contributed by atoms with Crippen molar-refractivity contribution in [2.45, 2.75) is 6.54 Å². The van der Waals surface area contributed by atoms with Gasteiger partial charge in [-0.1, -0.05) is 58.4 Å². The normalized spacial score (nSPS) is 15.2. The SMILES string of the molecule is O=C1C(=O)N(Cc2cccc3ccccc23)C(=O)N1CCBr. The van der Waals surface area contributed by atoms with E-state index in [0.29, 0.717) is 5.33 Å². The van der Waals surface area contributed by atoms with E-state index in [4.69, 9.17) is 0 Å². The number of alkyl halides is 1. The van der Waals surface area contributed by atoms with E-state index in [0.717, 1.165) is 26.1 Å². The van der Waals surface area contributed by atoms with Crippen LogP contribution in [0.4, 0.5) is 4.79 Å². The molecule has 0 bridgehead atoms. The summed E-state index contributed by atoms with van der Waals surface area (Å²) in [5, 5.41) is 2.44. The summed E-state index contributed by atoms with van der Waals surface area (Å²) in [6.45, 7) is 0.291. The summed E-state index contributed by atoms with van der Waals surface area (Å²) in [5.74, 6) is -1.52. The van der Waals surface area contributed by atoms with Crippen LogP contribution in [-0.4, -0.2) is 39.5 Å². The summed E-state index contributed by atoms with van der Waals surface area (Å²) in [6, 6.07) is 12.9. The average Bonchev–Trinajstić information content (AvgIpc) is 2.73. The molecule has 1 fully saturated rings. The summed E-state index contributed by atoms with van der Waals surface area (Å²) < 4.78 is 0.